The van der Waals surface area contributed by atoms with Crippen molar-refractivity contribution in [3.05, 3.63) is 96.9 Å². The third-order valence-electron chi connectivity index (χ3n) is 4.74. The van der Waals surface area contributed by atoms with Crippen LogP contribution in [0.2, 0.25) is 10.0 Å². The van der Waals surface area contributed by atoms with Crippen molar-refractivity contribution in [2.24, 2.45) is 0 Å². The Morgan fingerprint density at radius 2 is 1.57 bits per heavy atom. The average molecular weight is 416 g/mol. The summed E-state index contributed by atoms with van der Waals surface area (Å²) in [6.07, 6.45) is 0.702. The van der Waals surface area contributed by atoms with Gasteiger partial charge < -0.3 is 9.30 Å². The number of nitrogens with zero attached hydrogens (tertiary/aromatic N) is 1. The van der Waals surface area contributed by atoms with Crippen LogP contribution in [0.4, 0.5) is 0 Å². The van der Waals surface area contributed by atoms with Gasteiger partial charge in [-0.05, 0) is 50.5 Å². The fourth-order valence-electron chi connectivity index (χ4n) is 3.12. The molecular weight excluding hydrogens is 393 g/mol. The zero-order chi connectivity index (χ0) is 20.3. The quantitative estimate of drug-likeness (QED) is 0.501. The number of hydrogen-bond acceptors (Lipinski definition) is 2. The molecule has 0 aliphatic carbocycles. The zero-order valence-electron chi connectivity index (χ0n) is 16.3. The summed E-state index contributed by atoms with van der Waals surface area (Å²) in [6.45, 7) is 6.76. The summed E-state index contributed by atoms with van der Waals surface area (Å²) in [5.41, 5.74) is 4.94. The number of hydrogen-bond donors (Lipinski definition) is 0. The molecule has 0 N–H and O–H groups in total. The van der Waals surface area contributed by atoms with Crippen LogP contribution in [0.5, 0.6) is 5.75 Å². The van der Waals surface area contributed by atoms with Crippen LogP contribution in [0.25, 0.3) is 0 Å². The van der Waals surface area contributed by atoms with Crippen molar-refractivity contribution in [1.29, 1.82) is 0 Å². The van der Waals surface area contributed by atoms with Crippen LogP contribution < -0.4 is 10.3 Å². The Hall–Kier alpha value is -2.23. The molecule has 0 atom stereocenters. The SMILES string of the molecule is Cc1ccc(CCn2c(COc3ccc(C)cc3C)c(Cl)cc(Cl)c2=O)cc1. The first-order chi connectivity index (χ1) is 13.3. The second kappa shape index (κ2) is 8.85. The molecule has 28 heavy (non-hydrogen) atoms. The topological polar surface area (TPSA) is 31.2 Å². The number of pyridine rings is 1. The van der Waals surface area contributed by atoms with Gasteiger partial charge in [0.15, 0.2) is 0 Å². The van der Waals surface area contributed by atoms with Crippen LogP contribution in [0.15, 0.2) is 53.3 Å². The smallest absolute Gasteiger partial charge is 0.269 e. The van der Waals surface area contributed by atoms with E-state index in [4.69, 9.17) is 27.9 Å². The third-order valence-corrected chi connectivity index (χ3v) is 5.34. The number of rotatable bonds is 6. The normalized spacial score (nSPS) is 10.9. The van der Waals surface area contributed by atoms with Crippen LogP contribution >= 0.6 is 23.2 Å². The Balaban J connectivity index is 1.86. The molecule has 146 valence electrons. The van der Waals surface area contributed by atoms with E-state index in [1.165, 1.54) is 17.2 Å². The first-order valence-corrected chi connectivity index (χ1v) is 9.94. The minimum Gasteiger partial charge on any atom is -0.487 e. The van der Waals surface area contributed by atoms with Crippen molar-refractivity contribution in [3.8, 4) is 5.75 Å². The van der Waals surface area contributed by atoms with Gasteiger partial charge in [0.2, 0.25) is 0 Å². The largest absolute Gasteiger partial charge is 0.487 e. The van der Waals surface area contributed by atoms with Crippen molar-refractivity contribution >= 4 is 23.2 Å². The molecule has 0 spiro atoms. The minimum absolute atomic E-state index is 0.115. The average Bonchev–Trinajstić information content (AvgIpc) is 2.65. The second-order valence-electron chi connectivity index (χ2n) is 7.04. The molecule has 0 bridgehead atoms. The summed E-state index contributed by atoms with van der Waals surface area (Å²) >= 11 is 12.5. The number of aryl methyl sites for hydroxylation is 4. The molecule has 0 aliphatic heterocycles. The van der Waals surface area contributed by atoms with Gasteiger partial charge in [-0.3, -0.25) is 4.79 Å². The minimum atomic E-state index is -0.252. The summed E-state index contributed by atoms with van der Waals surface area (Å²) in [6, 6.07) is 15.7. The lowest BCUT2D eigenvalue weighted by molar-refractivity contribution is 0.290. The van der Waals surface area contributed by atoms with Gasteiger partial charge in [0, 0.05) is 6.54 Å². The summed E-state index contributed by atoms with van der Waals surface area (Å²) < 4.78 is 7.59. The summed E-state index contributed by atoms with van der Waals surface area (Å²) in [5, 5.41) is 0.544. The summed E-state index contributed by atoms with van der Waals surface area (Å²) in [4.78, 5) is 12.7. The lowest BCUT2D eigenvalue weighted by atomic mass is 10.1. The molecule has 0 unspecified atom stereocenters. The highest BCUT2D eigenvalue weighted by molar-refractivity contribution is 6.34. The number of benzene rings is 2. The van der Waals surface area contributed by atoms with E-state index in [2.05, 4.69) is 30.3 Å². The number of halogens is 2. The molecule has 3 rings (SSSR count). The molecule has 0 amide bonds. The summed E-state index contributed by atoms with van der Waals surface area (Å²) in [7, 11) is 0. The van der Waals surface area contributed by atoms with Gasteiger partial charge in [0.25, 0.3) is 5.56 Å². The molecule has 1 heterocycles. The van der Waals surface area contributed by atoms with Crippen LogP contribution in [0.3, 0.4) is 0 Å². The van der Waals surface area contributed by atoms with Gasteiger partial charge >= 0.3 is 0 Å². The standard InChI is InChI=1S/C23H23Cl2NO2/c1-15-4-7-18(8-5-15)10-11-26-21(19(24)13-20(25)23(26)27)14-28-22-9-6-16(2)12-17(22)3/h4-9,12-13H,10-11,14H2,1-3H3. The van der Waals surface area contributed by atoms with Gasteiger partial charge in [0.1, 0.15) is 17.4 Å². The maximum Gasteiger partial charge on any atom is 0.269 e. The highest BCUT2D eigenvalue weighted by Gasteiger charge is 2.14. The van der Waals surface area contributed by atoms with Crippen molar-refractivity contribution in [2.45, 2.75) is 40.3 Å². The first kappa shape index (κ1) is 20.5. The molecule has 0 saturated heterocycles. The van der Waals surface area contributed by atoms with Gasteiger partial charge in [0.05, 0.1) is 10.7 Å². The predicted molar refractivity (Wildman–Crippen MR) is 116 cm³/mol. The molecule has 0 radical (unpaired) electrons. The fourth-order valence-corrected chi connectivity index (χ4v) is 3.66. The van der Waals surface area contributed by atoms with Crippen LogP contribution in [0.1, 0.15) is 27.9 Å². The number of aromatic nitrogens is 1. The Kier molecular flexibility index (Phi) is 6.48. The van der Waals surface area contributed by atoms with Crippen LogP contribution in [-0.2, 0) is 19.6 Å². The molecular formula is C23H23Cl2NO2. The lowest BCUT2D eigenvalue weighted by Gasteiger charge is -2.17. The van der Waals surface area contributed by atoms with E-state index in [0.717, 1.165) is 16.9 Å². The van der Waals surface area contributed by atoms with Crippen molar-refractivity contribution < 1.29 is 4.74 Å². The van der Waals surface area contributed by atoms with E-state index in [0.29, 0.717) is 23.7 Å². The maximum absolute atomic E-state index is 12.7. The third kappa shape index (κ3) is 4.78. The predicted octanol–water partition coefficient (Wildman–Crippen LogP) is 5.90. The molecule has 3 aromatic rings. The van der Waals surface area contributed by atoms with Crippen molar-refractivity contribution in [3.63, 3.8) is 0 Å². The molecule has 0 aliphatic rings. The summed E-state index contributed by atoms with van der Waals surface area (Å²) in [5.74, 6) is 0.772. The van der Waals surface area contributed by atoms with Crippen molar-refractivity contribution in [2.75, 3.05) is 0 Å². The Bertz CT molecular complexity index is 1040. The first-order valence-electron chi connectivity index (χ1n) is 9.18. The van der Waals surface area contributed by atoms with E-state index in [1.54, 1.807) is 4.57 Å². The van der Waals surface area contributed by atoms with Gasteiger partial charge in [-0.15, -0.1) is 0 Å². The van der Waals surface area contributed by atoms with Gasteiger partial charge in [-0.1, -0.05) is 70.7 Å². The van der Waals surface area contributed by atoms with Crippen LogP contribution in [0, 0.1) is 20.8 Å². The molecule has 1 aromatic heterocycles. The van der Waals surface area contributed by atoms with E-state index in [1.807, 2.05) is 32.9 Å². The Morgan fingerprint density at radius 1 is 0.893 bits per heavy atom. The van der Waals surface area contributed by atoms with Crippen molar-refractivity contribution in [1.82, 2.24) is 4.57 Å². The Labute approximate surface area is 175 Å². The van der Waals surface area contributed by atoms with Crippen LogP contribution in [-0.4, -0.2) is 4.57 Å². The fraction of sp³-hybridized carbons (Fsp3) is 0.261. The number of ether oxygens (including phenoxy) is 1. The second-order valence-corrected chi connectivity index (χ2v) is 7.85. The molecule has 0 saturated carbocycles. The van der Waals surface area contributed by atoms with E-state index in [-0.39, 0.29) is 17.2 Å². The highest BCUT2D eigenvalue weighted by Crippen LogP contribution is 2.23. The Morgan fingerprint density at radius 3 is 2.25 bits per heavy atom. The molecule has 0 fully saturated rings. The van der Waals surface area contributed by atoms with E-state index >= 15 is 0 Å². The van der Waals surface area contributed by atoms with E-state index < -0.39 is 0 Å². The molecule has 3 nitrogen and oxygen atoms in total. The maximum atomic E-state index is 12.7. The van der Waals surface area contributed by atoms with Gasteiger partial charge in [-0.2, -0.15) is 0 Å². The van der Waals surface area contributed by atoms with E-state index in [9.17, 15) is 4.79 Å². The van der Waals surface area contributed by atoms with Gasteiger partial charge in [-0.25, -0.2) is 0 Å². The zero-order valence-corrected chi connectivity index (χ0v) is 17.8. The lowest BCUT2D eigenvalue weighted by Crippen LogP contribution is -2.26. The molecule has 2 aromatic carbocycles. The highest BCUT2D eigenvalue weighted by atomic mass is 35.5. The monoisotopic (exact) mass is 415 g/mol. The molecule has 5 heteroatoms.